The molecule has 1 aromatic carbocycles. The van der Waals surface area contributed by atoms with Crippen LogP contribution in [0.2, 0.25) is 5.02 Å². The fourth-order valence-electron chi connectivity index (χ4n) is 1.20. The summed E-state index contributed by atoms with van der Waals surface area (Å²) in [4.78, 5) is 11.5. The maximum absolute atomic E-state index is 11.5. The molecule has 0 radical (unpaired) electrons. The van der Waals surface area contributed by atoms with E-state index in [4.69, 9.17) is 16.3 Å². The van der Waals surface area contributed by atoms with E-state index in [-0.39, 0.29) is 0 Å². The average molecular weight is 255 g/mol. The molecule has 0 amide bonds. The van der Waals surface area contributed by atoms with Gasteiger partial charge in [0.2, 0.25) is 0 Å². The topological polar surface area (TPSA) is 35.5 Å². The maximum Gasteiger partial charge on any atom is 0.341 e. The molecule has 0 N–H and O–H groups in total. The van der Waals surface area contributed by atoms with E-state index in [1.807, 2.05) is 19.9 Å². The lowest BCUT2D eigenvalue weighted by Crippen LogP contribution is -2.06. The summed E-state index contributed by atoms with van der Waals surface area (Å²) < 4.78 is 10.2. The summed E-state index contributed by atoms with van der Waals surface area (Å²) in [5, 5.41) is 0.472. The maximum atomic E-state index is 11.5. The first-order valence-electron chi connectivity index (χ1n) is 5.18. The Morgan fingerprint density at radius 3 is 2.71 bits per heavy atom. The average Bonchev–Trinajstić information content (AvgIpc) is 2.29. The number of benzene rings is 1. The lowest BCUT2D eigenvalue weighted by molar-refractivity contribution is 0.0596. The van der Waals surface area contributed by atoms with Crippen molar-refractivity contribution in [1.29, 1.82) is 0 Å². The van der Waals surface area contributed by atoms with Gasteiger partial charge in [-0.3, -0.25) is 0 Å². The molecular weight excluding hydrogens is 240 g/mol. The smallest absolute Gasteiger partial charge is 0.341 e. The third-order valence-electron chi connectivity index (χ3n) is 2.08. The highest BCUT2D eigenvalue weighted by atomic mass is 35.5. The highest BCUT2D eigenvalue weighted by Crippen LogP contribution is 2.23. The van der Waals surface area contributed by atoms with Crippen LogP contribution in [0.15, 0.2) is 29.8 Å². The molecule has 0 fully saturated rings. The molecule has 4 heteroatoms. The van der Waals surface area contributed by atoms with Crippen LogP contribution in [0.25, 0.3) is 0 Å². The van der Waals surface area contributed by atoms with E-state index in [1.165, 1.54) is 13.2 Å². The molecular formula is C13H15ClO3. The van der Waals surface area contributed by atoms with Crippen molar-refractivity contribution in [3.8, 4) is 5.75 Å². The molecule has 1 rings (SSSR count). The molecule has 3 nitrogen and oxygen atoms in total. The summed E-state index contributed by atoms with van der Waals surface area (Å²) in [5.74, 6) is 0.0125. The van der Waals surface area contributed by atoms with Gasteiger partial charge in [-0.25, -0.2) is 4.79 Å². The van der Waals surface area contributed by atoms with Crippen LogP contribution >= 0.6 is 11.6 Å². The fraction of sp³-hybridized carbons (Fsp3) is 0.308. The second-order valence-corrected chi connectivity index (χ2v) is 4.16. The molecule has 0 aromatic heterocycles. The summed E-state index contributed by atoms with van der Waals surface area (Å²) >= 11 is 5.83. The zero-order valence-electron chi connectivity index (χ0n) is 10.1. The molecule has 0 bridgehead atoms. The standard InChI is InChI=1S/C13H15ClO3/c1-9(2)6-7-17-12-5-4-10(14)8-11(12)13(15)16-3/h4-6,8H,7H2,1-3H3. The quantitative estimate of drug-likeness (QED) is 0.610. The van der Waals surface area contributed by atoms with E-state index in [9.17, 15) is 4.79 Å². The zero-order valence-corrected chi connectivity index (χ0v) is 10.9. The first-order valence-corrected chi connectivity index (χ1v) is 5.56. The number of rotatable bonds is 4. The molecule has 92 valence electrons. The molecule has 0 unspecified atom stereocenters. The lowest BCUT2D eigenvalue weighted by atomic mass is 10.2. The molecule has 0 aliphatic carbocycles. The van der Waals surface area contributed by atoms with Crippen molar-refractivity contribution < 1.29 is 14.3 Å². The summed E-state index contributed by atoms with van der Waals surface area (Å²) in [7, 11) is 1.32. The fourth-order valence-corrected chi connectivity index (χ4v) is 1.37. The Morgan fingerprint density at radius 1 is 1.41 bits per heavy atom. The SMILES string of the molecule is COC(=O)c1cc(Cl)ccc1OCC=C(C)C. The van der Waals surface area contributed by atoms with Crippen molar-refractivity contribution in [2.24, 2.45) is 0 Å². The summed E-state index contributed by atoms with van der Waals surface area (Å²) in [6.45, 7) is 4.37. The van der Waals surface area contributed by atoms with Gasteiger partial charge >= 0.3 is 5.97 Å². The number of carbonyl (C=O) groups excluding carboxylic acids is 1. The third-order valence-corrected chi connectivity index (χ3v) is 2.31. The first kappa shape index (κ1) is 13.6. The Bertz CT molecular complexity index is 434. The predicted octanol–water partition coefficient (Wildman–Crippen LogP) is 3.47. The Kier molecular flexibility index (Phi) is 5.04. The van der Waals surface area contributed by atoms with E-state index in [0.29, 0.717) is 22.9 Å². The first-order chi connectivity index (χ1) is 8.04. The van der Waals surface area contributed by atoms with E-state index in [1.54, 1.807) is 12.1 Å². The number of hydrogen-bond acceptors (Lipinski definition) is 3. The Labute approximate surface area is 106 Å². The van der Waals surface area contributed by atoms with Crippen molar-refractivity contribution >= 4 is 17.6 Å². The molecule has 0 saturated heterocycles. The van der Waals surface area contributed by atoms with E-state index in [2.05, 4.69) is 4.74 Å². The molecule has 0 aliphatic heterocycles. The van der Waals surface area contributed by atoms with E-state index >= 15 is 0 Å². The molecule has 17 heavy (non-hydrogen) atoms. The van der Waals surface area contributed by atoms with Gasteiger partial charge in [0.05, 0.1) is 7.11 Å². The number of carbonyl (C=O) groups is 1. The van der Waals surface area contributed by atoms with Crippen LogP contribution in [0.3, 0.4) is 0 Å². The number of allylic oxidation sites excluding steroid dienone is 1. The molecule has 1 aromatic rings. The molecule has 0 spiro atoms. The summed E-state index contributed by atoms with van der Waals surface area (Å²) in [5.41, 5.74) is 1.49. The minimum absolute atomic E-state index is 0.335. The van der Waals surface area contributed by atoms with Gasteiger partial charge in [0.15, 0.2) is 0 Å². The minimum Gasteiger partial charge on any atom is -0.489 e. The number of hydrogen-bond donors (Lipinski definition) is 0. The van der Waals surface area contributed by atoms with Gasteiger partial charge < -0.3 is 9.47 Å². The van der Waals surface area contributed by atoms with E-state index in [0.717, 1.165) is 5.57 Å². The zero-order chi connectivity index (χ0) is 12.8. The number of halogens is 1. The number of methoxy groups -OCH3 is 1. The van der Waals surface area contributed by atoms with Gasteiger partial charge in [0.1, 0.15) is 17.9 Å². The Morgan fingerprint density at radius 2 is 2.12 bits per heavy atom. The predicted molar refractivity (Wildman–Crippen MR) is 67.7 cm³/mol. The van der Waals surface area contributed by atoms with E-state index < -0.39 is 5.97 Å². The van der Waals surface area contributed by atoms with Gasteiger partial charge in [0.25, 0.3) is 0 Å². The van der Waals surface area contributed by atoms with Crippen LogP contribution in [-0.2, 0) is 4.74 Å². The van der Waals surface area contributed by atoms with Crippen LogP contribution in [0.5, 0.6) is 5.75 Å². The summed E-state index contributed by atoms with van der Waals surface area (Å²) in [6, 6.07) is 4.87. The largest absolute Gasteiger partial charge is 0.489 e. The van der Waals surface area contributed by atoms with Gasteiger partial charge in [-0.15, -0.1) is 0 Å². The number of esters is 1. The van der Waals surface area contributed by atoms with Crippen molar-refractivity contribution in [3.63, 3.8) is 0 Å². The normalized spacial score (nSPS) is 9.65. The van der Waals surface area contributed by atoms with Crippen LogP contribution in [-0.4, -0.2) is 19.7 Å². The van der Waals surface area contributed by atoms with Gasteiger partial charge in [0, 0.05) is 5.02 Å². The van der Waals surface area contributed by atoms with Crippen LogP contribution < -0.4 is 4.74 Å². The monoisotopic (exact) mass is 254 g/mol. The van der Waals surface area contributed by atoms with Gasteiger partial charge in [-0.2, -0.15) is 0 Å². The van der Waals surface area contributed by atoms with Crippen molar-refractivity contribution in [2.45, 2.75) is 13.8 Å². The van der Waals surface area contributed by atoms with Crippen LogP contribution in [0.4, 0.5) is 0 Å². The van der Waals surface area contributed by atoms with Crippen molar-refractivity contribution in [2.75, 3.05) is 13.7 Å². The lowest BCUT2D eigenvalue weighted by Gasteiger charge is -2.09. The second kappa shape index (κ2) is 6.30. The molecule has 0 atom stereocenters. The van der Waals surface area contributed by atoms with Gasteiger partial charge in [-0.05, 0) is 38.1 Å². The molecule has 0 heterocycles. The molecule has 0 aliphatic rings. The summed E-state index contributed by atoms with van der Waals surface area (Å²) in [6.07, 6.45) is 1.93. The second-order valence-electron chi connectivity index (χ2n) is 3.72. The highest BCUT2D eigenvalue weighted by molar-refractivity contribution is 6.31. The van der Waals surface area contributed by atoms with Gasteiger partial charge in [-0.1, -0.05) is 17.2 Å². The van der Waals surface area contributed by atoms with Crippen LogP contribution in [0.1, 0.15) is 24.2 Å². The number of ether oxygens (including phenoxy) is 2. The Hall–Kier alpha value is -1.48. The van der Waals surface area contributed by atoms with Crippen molar-refractivity contribution in [1.82, 2.24) is 0 Å². The van der Waals surface area contributed by atoms with Crippen LogP contribution in [0, 0.1) is 0 Å². The molecule has 0 saturated carbocycles. The minimum atomic E-state index is -0.459. The Balaban J connectivity index is 2.90. The van der Waals surface area contributed by atoms with Crippen molar-refractivity contribution in [3.05, 3.63) is 40.4 Å². The highest BCUT2D eigenvalue weighted by Gasteiger charge is 2.13. The third kappa shape index (κ3) is 4.11.